The first-order valence-electron chi connectivity index (χ1n) is 10.1. The Balaban J connectivity index is 1.58. The fourth-order valence-electron chi connectivity index (χ4n) is 3.35. The van der Waals surface area contributed by atoms with Crippen molar-refractivity contribution in [3.05, 3.63) is 69.7 Å². The van der Waals surface area contributed by atoms with Gasteiger partial charge >= 0.3 is 0 Å². The van der Waals surface area contributed by atoms with Crippen LogP contribution >= 0.6 is 11.3 Å². The van der Waals surface area contributed by atoms with Gasteiger partial charge in [-0.3, -0.25) is 9.89 Å². The molecule has 5 rings (SSSR count). The summed E-state index contributed by atoms with van der Waals surface area (Å²) < 4.78 is 0. The predicted molar refractivity (Wildman–Crippen MR) is 120 cm³/mol. The molecule has 7 heteroatoms. The molecule has 2 N–H and O–H groups in total. The average molecular weight is 416 g/mol. The highest BCUT2D eigenvalue weighted by Gasteiger charge is 2.19. The lowest BCUT2D eigenvalue weighted by molar-refractivity contribution is 1.09. The van der Waals surface area contributed by atoms with E-state index in [-0.39, 0.29) is 5.56 Å². The van der Waals surface area contributed by atoms with Crippen LogP contribution in [0, 0.1) is 5.92 Å². The summed E-state index contributed by atoms with van der Waals surface area (Å²) in [5, 5.41) is 7.52. The summed E-state index contributed by atoms with van der Waals surface area (Å²) in [6, 6.07) is 10.2. The van der Waals surface area contributed by atoms with Crippen LogP contribution in [-0.2, 0) is 6.42 Å². The van der Waals surface area contributed by atoms with E-state index < -0.39 is 0 Å². The molecule has 1 fully saturated rings. The molecule has 4 aromatic rings. The Morgan fingerprint density at radius 1 is 1.20 bits per heavy atom. The van der Waals surface area contributed by atoms with Crippen molar-refractivity contribution in [2.75, 3.05) is 0 Å². The molecule has 1 aromatic carbocycles. The van der Waals surface area contributed by atoms with Crippen molar-refractivity contribution in [3.63, 3.8) is 0 Å². The monoisotopic (exact) mass is 415 g/mol. The van der Waals surface area contributed by atoms with E-state index in [0.717, 1.165) is 34.2 Å². The van der Waals surface area contributed by atoms with Crippen molar-refractivity contribution in [3.8, 4) is 33.2 Å². The number of rotatable bonds is 6. The van der Waals surface area contributed by atoms with Crippen LogP contribution in [0.4, 0.5) is 0 Å². The van der Waals surface area contributed by atoms with Gasteiger partial charge in [0.25, 0.3) is 5.56 Å². The number of benzene rings is 1. The lowest BCUT2D eigenvalue weighted by Gasteiger charge is -2.09. The number of thiazole rings is 1. The van der Waals surface area contributed by atoms with Gasteiger partial charge in [0, 0.05) is 22.3 Å². The summed E-state index contributed by atoms with van der Waals surface area (Å²) >= 11 is 1.59. The number of nitrogens with one attached hydrogen (secondary N) is 2. The summed E-state index contributed by atoms with van der Waals surface area (Å²) in [6.07, 6.45) is 11.2. The zero-order chi connectivity index (χ0) is 20.5. The van der Waals surface area contributed by atoms with Crippen molar-refractivity contribution in [1.82, 2.24) is 25.1 Å². The normalized spacial score (nSPS) is 13.9. The Kier molecular flexibility index (Phi) is 4.88. The fourth-order valence-corrected chi connectivity index (χ4v) is 4.22. The second-order valence-electron chi connectivity index (χ2n) is 7.44. The number of nitrogens with zero attached hydrogens (tertiary/aromatic N) is 3. The average Bonchev–Trinajstić information content (AvgIpc) is 3.23. The van der Waals surface area contributed by atoms with Gasteiger partial charge in [-0.1, -0.05) is 43.3 Å². The topological polar surface area (TPSA) is 87.3 Å². The first-order valence-corrected chi connectivity index (χ1v) is 10.9. The third kappa shape index (κ3) is 3.76. The van der Waals surface area contributed by atoms with Crippen LogP contribution in [0.25, 0.3) is 39.3 Å². The summed E-state index contributed by atoms with van der Waals surface area (Å²) in [5.41, 5.74) is 3.87. The molecule has 0 amide bonds. The van der Waals surface area contributed by atoms with Crippen LogP contribution in [0.5, 0.6) is 0 Å². The third-order valence-corrected chi connectivity index (χ3v) is 6.40. The molecule has 150 valence electrons. The van der Waals surface area contributed by atoms with E-state index in [9.17, 15) is 4.79 Å². The summed E-state index contributed by atoms with van der Waals surface area (Å²) in [4.78, 5) is 26.0. The quantitative estimate of drug-likeness (QED) is 0.467. The number of allylic oxidation sites excluding steroid dienone is 1. The van der Waals surface area contributed by atoms with Crippen molar-refractivity contribution < 1.29 is 0 Å². The Morgan fingerprint density at radius 3 is 2.70 bits per heavy atom. The first-order chi connectivity index (χ1) is 14.7. The molecule has 0 saturated heterocycles. The van der Waals surface area contributed by atoms with Crippen LogP contribution in [0.2, 0.25) is 0 Å². The zero-order valence-electron chi connectivity index (χ0n) is 16.6. The van der Waals surface area contributed by atoms with Crippen LogP contribution in [0.3, 0.4) is 0 Å². The maximum Gasteiger partial charge on any atom is 0.260 e. The molecule has 3 heterocycles. The number of aromatic nitrogens is 5. The number of hydrogen-bond acceptors (Lipinski definition) is 5. The molecule has 1 aliphatic carbocycles. The second kappa shape index (κ2) is 7.84. The van der Waals surface area contributed by atoms with Gasteiger partial charge < -0.3 is 4.98 Å². The molecular formula is C23H21N5OS. The van der Waals surface area contributed by atoms with Crippen LogP contribution in [0.15, 0.2) is 53.7 Å². The minimum atomic E-state index is -0.217. The van der Waals surface area contributed by atoms with E-state index in [4.69, 9.17) is 0 Å². The maximum absolute atomic E-state index is 13.1. The molecule has 0 spiro atoms. The Morgan fingerprint density at radius 2 is 2.03 bits per heavy atom. The van der Waals surface area contributed by atoms with Gasteiger partial charge in [0.1, 0.15) is 11.3 Å². The van der Waals surface area contributed by atoms with Gasteiger partial charge in [-0.05, 0) is 42.4 Å². The van der Waals surface area contributed by atoms with Gasteiger partial charge in [-0.2, -0.15) is 5.10 Å². The summed E-state index contributed by atoms with van der Waals surface area (Å²) in [5.74, 6) is 1.19. The van der Waals surface area contributed by atoms with Crippen molar-refractivity contribution in [1.29, 1.82) is 0 Å². The summed E-state index contributed by atoms with van der Waals surface area (Å²) in [6.45, 7) is 2.09. The smallest absolute Gasteiger partial charge is 0.260 e. The Bertz CT molecular complexity index is 1250. The van der Waals surface area contributed by atoms with Crippen molar-refractivity contribution >= 4 is 17.4 Å². The van der Waals surface area contributed by atoms with Crippen LogP contribution in [-0.4, -0.2) is 25.1 Å². The van der Waals surface area contributed by atoms with Gasteiger partial charge in [-0.25, -0.2) is 9.97 Å². The molecule has 0 bridgehead atoms. The number of hydrogen-bond donors (Lipinski definition) is 2. The fraction of sp³-hybridized carbons (Fsp3) is 0.217. The Hall–Kier alpha value is -3.32. The van der Waals surface area contributed by atoms with Gasteiger partial charge in [-0.15, -0.1) is 11.3 Å². The number of pyridine rings is 1. The SMILES string of the molecule is CCc1cnc(-c2cc(-c3ccc(/C=C/C4CC4)cc3)[nH]c(=O)c2-c2ncn[nH]2)s1. The number of aryl methyl sites for hydroxylation is 1. The molecule has 30 heavy (non-hydrogen) atoms. The minimum absolute atomic E-state index is 0.217. The second-order valence-corrected chi connectivity index (χ2v) is 8.55. The molecule has 1 aliphatic rings. The molecule has 0 unspecified atom stereocenters. The van der Waals surface area contributed by atoms with Gasteiger partial charge in [0.2, 0.25) is 0 Å². The van der Waals surface area contributed by atoms with Crippen molar-refractivity contribution in [2.45, 2.75) is 26.2 Å². The highest BCUT2D eigenvalue weighted by Crippen LogP contribution is 2.34. The standard InChI is InChI=1S/C23H21N5OS/c1-2-17-12-24-23(30-17)18-11-19(27-22(29)20(18)21-25-13-26-28-21)16-9-7-15(8-10-16)6-5-14-3-4-14/h5-14H,2-4H2,1H3,(H,27,29)(H,25,26,28)/b6-5+. The first kappa shape index (κ1) is 18.7. The lowest BCUT2D eigenvalue weighted by Crippen LogP contribution is -2.12. The third-order valence-electron chi connectivity index (χ3n) is 5.22. The highest BCUT2D eigenvalue weighted by molar-refractivity contribution is 7.15. The number of aromatic amines is 2. The molecule has 3 aromatic heterocycles. The predicted octanol–water partition coefficient (Wildman–Crippen LogP) is 4.94. The van der Waals surface area contributed by atoms with Crippen molar-refractivity contribution in [2.24, 2.45) is 5.92 Å². The molecular weight excluding hydrogens is 394 g/mol. The highest BCUT2D eigenvalue weighted by atomic mass is 32.1. The van der Waals surface area contributed by atoms with Gasteiger partial charge in [0.15, 0.2) is 5.82 Å². The molecule has 0 atom stereocenters. The van der Waals surface area contributed by atoms with E-state index >= 15 is 0 Å². The zero-order valence-corrected chi connectivity index (χ0v) is 17.4. The van der Waals surface area contributed by atoms with E-state index in [0.29, 0.717) is 11.4 Å². The summed E-state index contributed by atoms with van der Waals surface area (Å²) in [7, 11) is 0. The minimum Gasteiger partial charge on any atom is -0.321 e. The van der Waals surface area contributed by atoms with E-state index in [1.807, 2.05) is 24.4 Å². The van der Waals surface area contributed by atoms with E-state index in [2.05, 4.69) is 56.4 Å². The van der Waals surface area contributed by atoms with E-state index in [1.54, 1.807) is 11.3 Å². The largest absolute Gasteiger partial charge is 0.321 e. The Labute approximate surface area is 177 Å². The molecule has 0 aliphatic heterocycles. The van der Waals surface area contributed by atoms with Gasteiger partial charge in [0.05, 0.1) is 5.56 Å². The van der Waals surface area contributed by atoms with Crippen LogP contribution in [0.1, 0.15) is 30.2 Å². The lowest BCUT2D eigenvalue weighted by atomic mass is 10.0. The molecule has 1 saturated carbocycles. The number of H-pyrrole nitrogens is 2. The molecule has 0 radical (unpaired) electrons. The maximum atomic E-state index is 13.1. The molecule has 6 nitrogen and oxygen atoms in total. The van der Waals surface area contributed by atoms with E-state index in [1.165, 1.54) is 29.6 Å². The van der Waals surface area contributed by atoms with Crippen LogP contribution < -0.4 is 5.56 Å².